The number of carbonyl (C=O) groups is 1. The molecule has 0 saturated carbocycles. The van der Waals surface area contributed by atoms with E-state index < -0.39 is 5.97 Å². The van der Waals surface area contributed by atoms with Crippen molar-refractivity contribution in [2.45, 2.75) is 18.6 Å². The van der Waals surface area contributed by atoms with Crippen molar-refractivity contribution < 1.29 is 14.6 Å². The summed E-state index contributed by atoms with van der Waals surface area (Å²) in [5.41, 5.74) is 0. The minimum Gasteiger partial charge on any atom is -0.493 e. The van der Waals surface area contributed by atoms with Crippen molar-refractivity contribution in [3.05, 3.63) is 42.5 Å². The third kappa shape index (κ3) is 4.46. The second-order valence-corrected chi connectivity index (χ2v) is 6.18. The fraction of sp³-hybridized carbons (Fsp3) is 0.312. The van der Waals surface area contributed by atoms with E-state index >= 15 is 0 Å². The smallest absolute Gasteiger partial charge is 0.304 e. The number of carboxylic acids is 1. The van der Waals surface area contributed by atoms with Gasteiger partial charge >= 0.3 is 5.97 Å². The summed E-state index contributed by atoms with van der Waals surface area (Å²) in [7, 11) is 0. The normalized spacial score (nSPS) is 12.2. The van der Waals surface area contributed by atoms with E-state index in [-0.39, 0.29) is 11.7 Å². The molecule has 106 valence electrons. The molecule has 0 aliphatic carbocycles. The van der Waals surface area contributed by atoms with Crippen molar-refractivity contribution in [3.8, 4) is 5.75 Å². The second kappa shape index (κ2) is 7.20. The molecule has 0 aliphatic rings. The molecule has 2 aromatic carbocycles. The molecular formula is C16H18O3S. The van der Waals surface area contributed by atoms with Crippen molar-refractivity contribution in [1.82, 2.24) is 0 Å². The highest BCUT2D eigenvalue weighted by Crippen LogP contribution is 2.21. The lowest BCUT2D eigenvalue weighted by Gasteiger charge is -2.10. The number of hydrogen-bond donors (Lipinski definition) is 1. The maximum atomic E-state index is 10.5. The lowest BCUT2D eigenvalue weighted by atomic mass is 10.1. The van der Waals surface area contributed by atoms with Crippen molar-refractivity contribution in [3.63, 3.8) is 0 Å². The molecule has 4 heteroatoms. The quantitative estimate of drug-likeness (QED) is 0.788. The van der Waals surface area contributed by atoms with Crippen LogP contribution in [0.25, 0.3) is 10.8 Å². The Bertz CT molecular complexity index is 583. The van der Waals surface area contributed by atoms with E-state index in [1.165, 1.54) is 5.39 Å². The molecule has 2 rings (SSSR count). The summed E-state index contributed by atoms with van der Waals surface area (Å²) in [4.78, 5) is 10.5. The van der Waals surface area contributed by atoms with Crippen LogP contribution < -0.4 is 4.74 Å². The maximum absolute atomic E-state index is 10.5. The lowest BCUT2D eigenvalue weighted by molar-refractivity contribution is -0.136. The van der Waals surface area contributed by atoms with Crippen molar-refractivity contribution in [2.24, 2.45) is 0 Å². The van der Waals surface area contributed by atoms with Crippen molar-refractivity contribution >= 4 is 28.5 Å². The zero-order valence-electron chi connectivity index (χ0n) is 11.4. The van der Waals surface area contributed by atoms with Gasteiger partial charge in [-0.15, -0.1) is 0 Å². The Morgan fingerprint density at radius 3 is 2.75 bits per heavy atom. The third-order valence-electron chi connectivity index (χ3n) is 2.94. The number of hydrogen-bond acceptors (Lipinski definition) is 3. The minimum absolute atomic E-state index is 0.118. The first-order chi connectivity index (χ1) is 9.65. The monoisotopic (exact) mass is 290 g/mol. The fourth-order valence-electron chi connectivity index (χ4n) is 1.97. The largest absolute Gasteiger partial charge is 0.493 e. The van der Waals surface area contributed by atoms with Gasteiger partial charge in [-0.2, -0.15) is 11.8 Å². The summed E-state index contributed by atoms with van der Waals surface area (Å²) in [6.07, 6.45) is 0.195. The van der Waals surface area contributed by atoms with Gasteiger partial charge in [0.05, 0.1) is 13.0 Å². The Kier molecular flexibility index (Phi) is 5.30. The number of fused-ring (bicyclic) bond motifs is 1. The Balaban J connectivity index is 1.79. The van der Waals surface area contributed by atoms with Gasteiger partial charge in [-0.05, 0) is 22.9 Å². The Labute approximate surface area is 122 Å². The number of thioether (sulfide) groups is 1. The van der Waals surface area contributed by atoms with Crippen LogP contribution in [0.15, 0.2) is 42.5 Å². The van der Waals surface area contributed by atoms with E-state index in [0.29, 0.717) is 6.61 Å². The molecule has 0 spiro atoms. The van der Waals surface area contributed by atoms with Crippen LogP contribution in [-0.2, 0) is 4.79 Å². The molecule has 1 N–H and O–H groups in total. The van der Waals surface area contributed by atoms with Crippen LogP contribution in [0.4, 0.5) is 0 Å². The predicted molar refractivity (Wildman–Crippen MR) is 83.6 cm³/mol. The van der Waals surface area contributed by atoms with Crippen LogP contribution in [-0.4, -0.2) is 28.7 Å². The molecule has 0 heterocycles. The topological polar surface area (TPSA) is 46.5 Å². The SMILES string of the molecule is CC(CC(=O)O)SCCOc1ccc2ccccc2c1. The summed E-state index contributed by atoms with van der Waals surface area (Å²) in [5, 5.41) is 11.2. The van der Waals surface area contributed by atoms with Crippen LogP contribution >= 0.6 is 11.8 Å². The Morgan fingerprint density at radius 2 is 2.00 bits per heavy atom. The predicted octanol–water partition coefficient (Wildman–Crippen LogP) is 3.82. The number of aliphatic carboxylic acids is 1. The molecule has 0 aliphatic heterocycles. The molecule has 1 atom stereocenters. The summed E-state index contributed by atoms with van der Waals surface area (Å²) in [6.45, 7) is 2.52. The molecular weight excluding hydrogens is 272 g/mol. The van der Waals surface area contributed by atoms with Gasteiger partial charge in [0.15, 0.2) is 0 Å². The van der Waals surface area contributed by atoms with E-state index in [4.69, 9.17) is 9.84 Å². The second-order valence-electron chi connectivity index (χ2n) is 4.64. The number of carboxylic acid groups (broad SMARTS) is 1. The van der Waals surface area contributed by atoms with E-state index in [9.17, 15) is 4.79 Å². The fourth-order valence-corrected chi connectivity index (χ4v) is 2.81. The first kappa shape index (κ1) is 14.7. The molecule has 0 fully saturated rings. The molecule has 1 unspecified atom stereocenters. The van der Waals surface area contributed by atoms with Crippen LogP contribution in [0.5, 0.6) is 5.75 Å². The highest BCUT2D eigenvalue weighted by atomic mass is 32.2. The van der Waals surface area contributed by atoms with E-state index in [1.807, 2.05) is 37.3 Å². The van der Waals surface area contributed by atoms with E-state index in [2.05, 4.69) is 12.1 Å². The van der Waals surface area contributed by atoms with Crippen LogP contribution in [0.1, 0.15) is 13.3 Å². The number of benzene rings is 2. The van der Waals surface area contributed by atoms with Gasteiger partial charge in [-0.3, -0.25) is 4.79 Å². The number of rotatable bonds is 7. The molecule has 20 heavy (non-hydrogen) atoms. The molecule has 2 aromatic rings. The molecule has 3 nitrogen and oxygen atoms in total. The van der Waals surface area contributed by atoms with Crippen LogP contribution in [0.3, 0.4) is 0 Å². The summed E-state index contributed by atoms with van der Waals surface area (Å²) in [6, 6.07) is 14.2. The molecule has 0 radical (unpaired) electrons. The van der Waals surface area contributed by atoms with Gasteiger partial charge in [0.2, 0.25) is 0 Å². The zero-order valence-corrected chi connectivity index (χ0v) is 12.2. The van der Waals surface area contributed by atoms with Crippen LogP contribution in [0, 0.1) is 0 Å². The van der Waals surface area contributed by atoms with E-state index in [0.717, 1.165) is 16.9 Å². The van der Waals surface area contributed by atoms with Crippen molar-refractivity contribution in [2.75, 3.05) is 12.4 Å². The van der Waals surface area contributed by atoms with Gasteiger partial charge in [0, 0.05) is 11.0 Å². The molecule has 0 aromatic heterocycles. The molecule has 0 bridgehead atoms. The summed E-state index contributed by atoms with van der Waals surface area (Å²) < 4.78 is 5.70. The average Bonchev–Trinajstić information content (AvgIpc) is 2.43. The van der Waals surface area contributed by atoms with Crippen molar-refractivity contribution in [1.29, 1.82) is 0 Å². The minimum atomic E-state index is -0.750. The zero-order chi connectivity index (χ0) is 14.4. The Hall–Kier alpha value is -1.68. The Morgan fingerprint density at radius 1 is 1.25 bits per heavy atom. The lowest BCUT2D eigenvalue weighted by Crippen LogP contribution is -2.09. The third-order valence-corrected chi connectivity index (χ3v) is 4.08. The highest BCUT2D eigenvalue weighted by Gasteiger charge is 2.07. The summed E-state index contributed by atoms with van der Waals surface area (Å²) in [5.74, 6) is 0.900. The molecule has 0 saturated heterocycles. The summed E-state index contributed by atoms with van der Waals surface area (Å²) >= 11 is 1.62. The van der Waals surface area contributed by atoms with Gasteiger partial charge in [0.25, 0.3) is 0 Å². The highest BCUT2D eigenvalue weighted by molar-refractivity contribution is 7.99. The maximum Gasteiger partial charge on any atom is 0.304 e. The van der Waals surface area contributed by atoms with Crippen LogP contribution in [0.2, 0.25) is 0 Å². The molecule has 0 amide bonds. The standard InChI is InChI=1S/C16H18O3S/c1-12(10-16(17)18)20-9-8-19-15-7-6-13-4-2-3-5-14(13)11-15/h2-7,11-12H,8-10H2,1H3,(H,17,18). The first-order valence-electron chi connectivity index (χ1n) is 6.60. The van der Waals surface area contributed by atoms with Gasteiger partial charge in [-0.25, -0.2) is 0 Å². The first-order valence-corrected chi connectivity index (χ1v) is 7.65. The van der Waals surface area contributed by atoms with E-state index in [1.54, 1.807) is 11.8 Å². The van der Waals surface area contributed by atoms with Gasteiger partial charge < -0.3 is 9.84 Å². The van der Waals surface area contributed by atoms with Gasteiger partial charge in [-0.1, -0.05) is 37.3 Å². The van der Waals surface area contributed by atoms with Gasteiger partial charge in [0.1, 0.15) is 5.75 Å². The average molecular weight is 290 g/mol. The number of ether oxygens (including phenoxy) is 1.